The third-order valence-corrected chi connectivity index (χ3v) is 3.70. The molecule has 0 saturated heterocycles. The highest BCUT2D eigenvalue weighted by molar-refractivity contribution is 6.04. The minimum atomic E-state index is -0.178. The highest BCUT2D eigenvalue weighted by Crippen LogP contribution is 2.16. The van der Waals surface area contributed by atoms with E-state index in [1.54, 1.807) is 30.9 Å². The molecule has 2 heterocycles. The first-order chi connectivity index (χ1) is 12.1. The van der Waals surface area contributed by atoms with E-state index in [9.17, 15) is 4.79 Å². The van der Waals surface area contributed by atoms with E-state index < -0.39 is 0 Å². The molecule has 0 atom stereocenters. The van der Waals surface area contributed by atoms with E-state index in [-0.39, 0.29) is 5.91 Å². The van der Waals surface area contributed by atoms with Crippen molar-refractivity contribution in [3.63, 3.8) is 0 Å². The summed E-state index contributed by atoms with van der Waals surface area (Å²) in [7, 11) is 0. The molecule has 5 heteroatoms. The van der Waals surface area contributed by atoms with E-state index in [1.165, 1.54) is 0 Å². The molecule has 126 valence electrons. The number of amides is 1. The first kappa shape index (κ1) is 16.6. The molecule has 0 saturated carbocycles. The van der Waals surface area contributed by atoms with E-state index in [1.807, 2.05) is 38.1 Å². The summed E-state index contributed by atoms with van der Waals surface area (Å²) < 4.78 is 0. The van der Waals surface area contributed by atoms with Crippen molar-refractivity contribution in [1.29, 1.82) is 0 Å². The first-order valence-electron chi connectivity index (χ1n) is 8.07. The molecule has 0 aliphatic carbocycles. The van der Waals surface area contributed by atoms with Crippen molar-refractivity contribution in [2.75, 3.05) is 10.6 Å². The Hall–Kier alpha value is -3.21. The largest absolute Gasteiger partial charge is 0.380 e. The number of carbonyl (C=O) groups is 1. The van der Waals surface area contributed by atoms with Crippen LogP contribution in [-0.4, -0.2) is 15.9 Å². The third-order valence-electron chi connectivity index (χ3n) is 3.70. The van der Waals surface area contributed by atoms with Gasteiger partial charge in [0.2, 0.25) is 0 Å². The number of rotatable bonds is 5. The number of hydrogen-bond acceptors (Lipinski definition) is 4. The van der Waals surface area contributed by atoms with Gasteiger partial charge in [-0.15, -0.1) is 0 Å². The minimum Gasteiger partial charge on any atom is -0.380 e. The van der Waals surface area contributed by atoms with Gasteiger partial charge in [-0.3, -0.25) is 14.8 Å². The Morgan fingerprint density at radius 3 is 2.48 bits per heavy atom. The number of pyridine rings is 2. The summed E-state index contributed by atoms with van der Waals surface area (Å²) in [5.74, 6) is -0.178. The topological polar surface area (TPSA) is 66.9 Å². The van der Waals surface area contributed by atoms with Crippen LogP contribution >= 0.6 is 0 Å². The molecule has 0 aliphatic rings. The summed E-state index contributed by atoms with van der Waals surface area (Å²) in [6.07, 6.45) is 6.80. The average molecular weight is 332 g/mol. The van der Waals surface area contributed by atoms with Crippen molar-refractivity contribution in [3.05, 3.63) is 83.4 Å². The summed E-state index contributed by atoms with van der Waals surface area (Å²) in [5, 5.41) is 6.18. The molecule has 1 amide bonds. The normalized spacial score (nSPS) is 10.3. The molecule has 2 aromatic heterocycles. The third kappa shape index (κ3) is 4.64. The lowest BCUT2D eigenvalue weighted by Crippen LogP contribution is -2.13. The zero-order valence-corrected chi connectivity index (χ0v) is 14.3. The first-order valence-corrected chi connectivity index (χ1v) is 8.07. The average Bonchev–Trinajstić information content (AvgIpc) is 2.60. The minimum absolute atomic E-state index is 0.178. The lowest BCUT2D eigenvalue weighted by molar-refractivity contribution is 0.102. The van der Waals surface area contributed by atoms with E-state index in [0.717, 1.165) is 28.1 Å². The van der Waals surface area contributed by atoms with Gasteiger partial charge >= 0.3 is 0 Å². The lowest BCUT2D eigenvalue weighted by atomic mass is 10.1. The highest BCUT2D eigenvalue weighted by Gasteiger charge is 2.08. The number of nitrogens with one attached hydrogen (secondary N) is 2. The van der Waals surface area contributed by atoms with Gasteiger partial charge in [-0.25, -0.2) is 0 Å². The second-order valence-electron chi connectivity index (χ2n) is 6.01. The molecular formula is C20H20N4O. The van der Waals surface area contributed by atoms with E-state index in [2.05, 4.69) is 26.7 Å². The van der Waals surface area contributed by atoms with Gasteiger partial charge in [-0.2, -0.15) is 0 Å². The molecule has 3 aromatic rings. The van der Waals surface area contributed by atoms with Gasteiger partial charge in [-0.1, -0.05) is 12.1 Å². The Bertz CT molecular complexity index is 858. The predicted octanol–water partition coefficient (Wildman–Crippen LogP) is 3.96. The van der Waals surface area contributed by atoms with Crippen LogP contribution in [0.15, 0.2) is 61.2 Å². The summed E-state index contributed by atoms with van der Waals surface area (Å²) in [6, 6.07) is 11.6. The Balaban J connectivity index is 1.68. The van der Waals surface area contributed by atoms with Gasteiger partial charge in [0.1, 0.15) is 0 Å². The van der Waals surface area contributed by atoms with Crippen LogP contribution in [0.1, 0.15) is 27.0 Å². The van der Waals surface area contributed by atoms with Crippen molar-refractivity contribution >= 4 is 17.3 Å². The van der Waals surface area contributed by atoms with Crippen molar-refractivity contribution in [3.8, 4) is 0 Å². The number of aryl methyl sites for hydroxylation is 2. The van der Waals surface area contributed by atoms with E-state index in [4.69, 9.17) is 0 Å². The number of nitrogens with zero attached hydrogens (tertiary/aromatic N) is 2. The fourth-order valence-corrected chi connectivity index (χ4v) is 2.62. The van der Waals surface area contributed by atoms with Crippen molar-refractivity contribution in [2.45, 2.75) is 20.4 Å². The van der Waals surface area contributed by atoms with E-state index in [0.29, 0.717) is 12.1 Å². The maximum atomic E-state index is 12.5. The van der Waals surface area contributed by atoms with Crippen LogP contribution in [0.25, 0.3) is 0 Å². The number of benzene rings is 1. The molecular weight excluding hydrogens is 312 g/mol. The number of hydrogen-bond donors (Lipinski definition) is 2. The maximum absolute atomic E-state index is 12.5. The summed E-state index contributed by atoms with van der Waals surface area (Å²) in [4.78, 5) is 20.7. The smallest absolute Gasteiger partial charge is 0.257 e. The fraction of sp³-hybridized carbons (Fsp3) is 0.150. The van der Waals surface area contributed by atoms with Crippen LogP contribution in [0, 0.1) is 13.8 Å². The zero-order chi connectivity index (χ0) is 17.6. The molecule has 2 N–H and O–H groups in total. The predicted molar refractivity (Wildman–Crippen MR) is 99.7 cm³/mol. The SMILES string of the molecule is Cc1cc(C)cc(NC(=O)c2cncc(NCc3cccnc3)c2)c1. The molecule has 0 bridgehead atoms. The summed E-state index contributed by atoms with van der Waals surface area (Å²) in [6.45, 7) is 4.64. The van der Waals surface area contributed by atoms with Crippen LogP contribution in [-0.2, 0) is 6.54 Å². The number of carbonyl (C=O) groups excluding carboxylic acids is 1. The van der Waals surface area contributed by atoms with E-state index >= 15 is 0 Å². The molecule has 1 aromatic carbocycles. The molecule has 0 unspecified atom stereocenters. The summed E-state index contributed by atoms with van der Waals surface area (Å²) in [5.41, 5.74) is 5.37. The van der Waals surface area contributed by atoms with Gasteiger partial charge in [0, 0.05) is 37.0 Å². The Kier molecular flexibility index (Phi) is 5.04. The zero-order valence-electron chi connectivity index (χ0n) is 14.3. The second kappa shape index (κ2) is 7.57. The van der Waals surface area contributed by atoms with Crippen LogP contribution in [0.2, 0.25) is 0 Å². The molecule has 0 spiro atoms. The molecule has 25 heavy (non-hydrogen) atoms. The van der Waals surface area contributed by atoms with Crippen LogP contribution in [0.4, 0.5) is 11.4 Å². The van der Waals surface area contributed by atoms with Crippen LogP contribution < -0.4 is 10.6 Å². The van der Waals surface area contributed by atoms with Gasteiger partial charge in [-0.05, 0) is 54.8 Å². The summed E-state index contributed by atoms with van der Waals surface area (Å²) >= 11 is 0. The van der Waals surface area contributed by atoms with Crippen molar-refractivity contribution < 1.29 is 4.79 Å². The molecule has 0 aliphatic heterocycles. The Morgan fingerprint density at radius 2 is 1.76 bits per heavy atom. The lowest BCUT2D eigenvalue weighted by Gasteiger charge is -2.10. The fourth-order valence-electron chi connectivity index (χ4n) is 2.62. The number of anilines is 2. The molecule has 0 fully saturated rings. The van der Waals surface area contributed by atoms with Crippen molar-refractivity contribution in [2.24, 2.45) is 0 Å². The maximum Gasteiger partial charge on any atom is 0.257 e. The quantitative estimate of drug-likeness (QED) is 0.742. The second-order valence-corrected chi connectivity index (χ2v) is 6.01. The molecule has 5 nitrogen and oxygen atoms in total. The Morgan fingerprint density at radius 1 is 0.960 bits per heavy atom. The number of aromatic nitrogens is 2. The van der Waals surface area contributed by atoms with Gasteiger partial charge in [0.15, 0.2) is 0 Å². The van der Waals surface area contributed by atoms with Gasteiger partial charge in [0.25, 0.3) is 5.91 Å². The standard InChI is InChI=1S/C20H20N4O/c1-14-6-15(2)8-18(7-14)24-20(25)17-9-19(13-22-12-17)23-11-16-4-3-5-21-10-16/h3-10,12-13,23H,11H2,1-2H3,(H,24,25). The monoisotopic (exact) mass is 332 g/mol. The Labute approximate surface area is 147 Å². The highest BCUT2D eigenvalue weighted by atomic mass is 16.1. The van der Waals surface area contributed by atoms with Crippen LogP contribution in [0.5, 0.6) is 0 Å². The van der Waals surface area contributed by atoms with Crippen LogP contribution in [0.3, 0.4) is 0 Å². The van der Waals surface area contributed by atoms with Crippen molar-refractivity contribution in [1.82, 2.24) is 9.97 Å². The van der Waals surface area contributed by atoms with Gasteiger partial charge in [0.05, 0.1) is 11.3 Å². The van der Waals surface area contributed by atoms with Gasteiger partial charge < -0.3 is 10.6 Å². The molecule has 3 rings (SSSR count). The molecule has 0 radical (unpaired) electrons.